The molecular weight excluding hydrogens is 256 g/mol. The highest BCUT2D eigenvalue weighted by atomic mass is 32.2. The molecule has 6 nitrogen and oxygen atoms in total. The van der Waals surface area contributed by atoms with E-state index in [-0.39, 0.29) is 18.2 Å². The van der Waals surface area contributed by atoms with Gasteiger partial charge in [0, 0.05) is 19.6 Å². The largest absolute Gasteiger partial charge is 0.481 e. The van der Waals surface area contributed by atoms with Gasteiger partial charge in [0.2, 0.25) is 10.0 Å². The fraction of sp³-hybridized carbons (Fsp3) is 0.909. The van der Waals surface area contributed by atoms with E-state index in [0.717, 1.165) is 25.9 Å². The van der Waals surface area contributed by atoms with Gasteiger partial charge in [0.05, 0.1) is 12.2 Å². The van der Waals surface area contributed by atoms with Crippen molar-refractivity contribution in [3.05, 3.63) is 0 Å². The molecule has 0 aromatic heterocycles. The van der Waals surface area contributed by atoms with Crippen molar-refractivity contribution in [2.24, 2.45) is 0 Å². The number of rotatable bonds is 7. The zero-order chi connectivity index (χ0) is 13.8. The lowest BCUT2D eigenvalue weighted by Gasteiger charge is -2.27. The maximum Gasteiger partial charge on any atom is 0.304 e. The summed E-state index contributed by atoms with van der Waals surface area (Å²) in [6.07, 6.45) is 1.77. The summed E-state index contributed by atoms with van der Waals surface area (Å²) < 4.78 is 25.0. The highest BCUT2D eigenvalue weighted by Crippen LogP contribution is 2.18. The van der Waals surface area contributed by atoms with Gasteiger partial charge in [-0.1, -0.05) is 6.92 Å². The van der Waals surface area contributed by atoms with Crippen molar-refractivity contribution in [2.75, 3.05) is 32.4 Å². The van der Waals surface area contributed by atoms with E-state index in [1.807, 2.05) is 0 Å². The summed E-state index contributed by atoms with van der Waals surface area (Å²) in [6.45, 7) is 4.46. The van der Waals surface area contributed by atoms with Crippen LogP contribution in [0.1, 0.15) is 26.2 Å². The molecular formula is C11H22N2O4S. The van der Waals surface area contributed by atoms with E-state index in [0.29, 0.717) is 6.54 Å². The topological polar surface area (TPSA) is 77.9 Å². The molecule has 0 aliphatic carbocycles. The number of likely N-dealkylation sites (tertiary alicyclic amines) is 1. The highest BCUT2D eigenvalue weighted by Gasteiger charge is 2.28. The number of carboxylic acid groups (broad SMARTS) is 1. The molecule has 0 spiro atoms. The minimum Gasteiger partial charge on any atom is -0.481 e. The molecule has 1 fully saturated rings. The van der Waals surface area contributed by atoms with Crippen LogP contribution in [0.25, 0.3) is 0 Å². The van der Waals surface area contributed by atoms with Gasteiger partial charge in [-0.25, -0.2) is 12.7 Å². The number of aliphatic carboxylic acids is 1. The normalized spacial score (nSPS) is 21.6. The van der Waals surface area contributed by atoms with Crippen molar-refractivity contribution < 1.29 is 18.3 Å². The van der Waals surface area contributed by atoms with Crippen molar-refractivity contribution in [3.63, 3.8) is 0 Å². The predicted octanol–water partition coefficient (Wildman–Crippen LogP) is 0.207. The van der Waals surface area contributed by atoms with E-state index >= 15 is 0 Å². The van der Waals surface area contributed by atoms with Crippen LogP contribution in [0.5, 0.6) is 0 Å². The molecule has 0 aromatic carbocycles. The summed E-state index contributed by atoms with van der Waals surface area (Å²) in [5, 5.41) is 8.53. The van der Waals surface area contributed by atoms with Gasteiger partial charge in [0.1, 0.15) is 0 Å². The zero-order valence-electron chi connectivity index (χ0n) is 11.0. The molecule has 1 aliphatic rings. The number of nitrogens with zero attached hydrogens (tertiary/aromatic N) is 2. The standard InChI is InChI=1S/C11H22N2O4S/c1-3-13-7-4-5-10(13)9-12(2)18(16,17)8-6-11(14)15/h10H,3-9H2,1-2H3,(H,14,15). The second-order valence-electron chi connectivity index (χ2n) is 4.66. The van der Waals surface area contributed by atoms with Gasteiger partial charge in [-0.05, 0) is 25.9 Å². The van der Waals surface area contributed by atoms with Crippen LogP contribution in [-0.4, -0.2) is 67.2 Å². The van der Waals surface area contributed by atoms with E-state index in [2.05, 4.69) is 11.8 Å². The van der Waals surface area contributed by atoms with Crippen molar-refractivity contribution in [1.29, 1.82) is 0 Å². The molecule has 106 valence electrons. The fourth-order valence-electron chi connectivity index (χ4n) is 2.30. The van der Waals surface area contributed by atoms with Gasteiger partial charge in [0.15, 0.2) is 0 Å². The Morgan fingerprint density at radius 3 is 2.72 bits per heavy atom. The van der Waals surface area contributed by atoms with Crippen LogP contribution < -0.4 is 0 Å². The Bertz CT molecular complexity index is 383. The van der Waals surface area contributed by atoms with Crippen LogP contribution in [0.3, 0.4) is 0 Å². The number of sulfonamides is 1. The molecule has 0 aromatic rings. The minimum absolute atomic E-state index is 0.264. The average Bonchev–Trinajstić information content (AvgIpc) is 2.73. The molecule has 0 saturated carbocycles. The smallest absolute Gasteiger partial charge is 0.304 e. The number of hydrogen-bond donors (Lipinski definition) is 1. The second-order valence-corrected chi connectivity index (χ2v) is 6.86. The molecule has 0 amide bonds. The molecule has 18 heavy (non-hydrogen) atoms. The second kappa shape index (κ2) is 6.49. The first-order chi connectivity index (χ1) is 8.36. The molecule has 0 radical (unpaired) electrons. The van der Waals surface area contributed by atoms with Gasteiger partial charge in [-0.2, -0.15) is 0 Å². The number of likely N-dealkylation sites (N-methyl/N-ethyl adjacent to an activating group) is 2. The van der Waals surface area contributed by atoms with Gasteiger partial charge in [-0.15, -0.1) is 0 Å². The fourth-order valence-corrected chi connectivity index (χ4v) is 3.44. The third-order valence-corrected chi connectivity index (χ3v) is 5.24. The van der Waals surface area contributed by atoms with Crippen LogP contribution in [0.2, 0.25) is 0 Å². The molecule has 1 unspecified atom stereocenters. The Labute approximate surface area is 109 Å². The van der Waals surface area contributed by atoms with Crippen LogP contribution >= 0.6 is 0 Å². The zero-order valence-corrected chi connectivity index (χ0v) is 11.8. The summed E-state index contributed by atoms with van der Waals surface area (Å²) in [4.78, 5) is 12.7. The van der Waals surface area contributed by atoms with Crippen LogP contribution in [0.4, 0.5) is 0 Å². The third kappa shape index (κ3) is 4.22. The molecule has 1 heterocycles. The first-order valence-electron chi connectivity index (χ1n) is 6.26. The highest BCUT2D eigenvalue weighted by molar-refractivity contribution is 7.89. The van der Waals surface area contributed by atoms with Crippen molar-refractivity contribution in [2.45, 2.75) is 32.2 Å². The summed E-state index contributed by atoms with van der Waals surface area (Å²) >= 11 is 0. The van der Waals surface area contributed by atoms with Gasteiger partial charge in [-0.3, -0.25) is 9.69 Å². The molecule has 1 aliphatic heterocycles. The number of carboxylic acids is 1. The Kier molecular flexibility index (Phi) is 5.55. The number of carbonyl (C=O) groups is 1. The quantitative estimate of drug-likeness (QED) is 0.720. The van der Waals surface area contributed by atoms with E-state index in [1.165, 1.54) is 11.4 Å². The van der Waals surface area contributed by atoms with Crippen molar-refractivity contribution >= 4 is 16.0 Å². The molecule has 1 rings (SSSR count). The predicted molar refractivity (Wildman–Crippen MR) is 68.9 cm³/mol. The lowest BCUT2D eigenvalue weighted by molar-refractivity contribution is -0.136. The Balaban J connectivity index is 2.53. The van der Waals surface area contributed by atoms with Gasteiger partial charge in [0.25, 0.3) is 0 Å². The van der Waals surface area contributed by atoms with E-state index in [9.17, 15) is 13.2 Å². The molecule has 0 bridgehead atoms. The monoisotopic (exact) mass is 278 g/mol. The van der Waals surface area contributed by atoms with Crippen LogP contribution in [0, 0.1) is 0 Å². The van der Waals surface area contributed by atoms with E-state index < -0.39 is 16.0 Å². The van der Waals surface area contributed by atoms with Crippen LogP contribution in [0.15, 0.2) is 0 Å². The maximum atomic E-state index is 11.9. The van der Waals surface area contributed by atoms with E-state index in [1.54, 1.807) is 0 Å². The maximum absolute atomic E-state index is 11.9. The molecule has 1 atom stereocenters. The lowest BCUT2D eigenvalue weighted by atomic mass is 10.2. The summed E-state index contributed by atoms with van der Waals surface area (Å²) in [5.41, 5.74) is 0. The summed E-state index contributed by atoms with van der Waals surface area (Å²) in [5.74, 6) is -1.40. The lowest BCUT2D eigenvalue weighted by Crippen LogP contribution is -2.42. The minimum atomic E-state index is -3.45. The Morgan fingerprint density at radius 1 is 1.50 bits per heavy atom. The Morgan fingerprint density at radius 2 is 2.17 bits per heavy atom. The summed E-state index contributed by atoms with van der Waals surface area (Å²) in [7, 11) is -1.92. The molecule has 1 saturated heterocycles. The van der Waals surface area contributed by atoms with Gasteiger partial charge < -0.3 is 5.11 Å². The molecule has 1 N–H and O–H groups in total. The van der Waals surface area contributed by atoms with Gasteiger partial charge >= 0.3 is 5.97 Å². The van der Waals surface area contributed by atoms with Crippen molar-refractivity contribution in [1.82, 2.24) is 9.21 Å². The first kappa shape index (κ1) is 15.4. The van der Waals surface area contributed by atoms with Crippen LogP contribution in [-0.2, 0) is 14.8 Å². The molecule has 7 heteroatoms. The Hall–Kier alpha value is -0.660. The van der Waals surface area contributed by atoms with E-state index in [4.69, 9.17) is 5.11 Å². The third-order valence-electron chi connectivity index (χ3n) is 3.42. The first-order valence-corrected chi connectivity index (χ1v) is 7.87. The summed E-state index contributed by atoms with van der Waals surface area (Å²) in [6, 6.07) is 0.264. The SMILES string of the molecule is CCN1CCCC1CN(C)S(=O)(=O)CCC(=O)O. The number of hydrogen-bond acceptors (Lipinski definition) is 4. The average molecular weight is 278 g/mol. The van der Waals surface area contributed by atoms with Crippen molar-refractivity contribution in [3.8, 4) is 0 Å².